The summed E-state index contributed by atoms with van der Waals surface area (Å²) in [6.07, 6.45) is 1.13. The lowest BCUT2D eigenvalue weighted by Gasteiger charge is -2.39. The predicted molar refractivity (Wildman–Crippen MR) is 98.3 cm³/mol. The first-order valence-corrected chi connectivity index (χ1v) is 10.8. The Hall–Kier alpha value is -1.44. The van der Waals surface area contributed by atoms with Crippen LogP contribution in [-0.2, 0) is 14.8 Å². The van der Waals surface area contributed by atoms with Crippen molar-refractivity contribution >= 4 is 15.9 Å². The zero-order chi connectivity index (χ0) is 18.5. The Bertz CT molecular complexity index is 795. The van der Waals surface area contributed by atoms with E-state index in [0.717, 1.165) is 6.42 Å². The number of ether oxygens (including phenoxy) is 1. The van der Waals surface area contributed by atoms with Crippen LogP contribution in [-0.4, -0.2) is 66.7 Å². The molecule has 3 saturated heterocycles. The van der Waals surface area contributed by atoms with Crippen LogP contribution in [0.2, 0.25) is 0 Å². The number of sulfonamides is 1. The van der Waals surface area contributed by atoms with Crippen molar-refractivity contribution in [1.82, 2.24) is 9.21 Å². The number of fused-ring (bicyclic) bond motifs is 1. The molecule has 0 aliphatic carbocycles. The molecule has 3 aliphatic rings. The summed E-state index contributed by atoms with van der Waals surface area (Å²) in [7, 11) is -3.37. The molecule has 0 aromatic heterocycles. The lowest BCUT2D eigenvalue weighted by atomic mass is 9.99. The summed E-state index contributed by atoms with van der Waals surface area (Å²) in [6.45, 7) is 5.89. The standard InChI is InChI=1S/C19H26N2O4S/c1-14(2)8-9-21-13-19-12-20(18(22)15-6-4-3-5-7-15)11-16(25-19)10-17(19)26(21,23)24/h3-7,14,16-17H,8-13H2,1-2H3/t16-,17+,19+/m1/s1. The lowest BCUT2D eigenvalue weighted by molar-refractivity contribution is -0.0977. The Labute approximate surface area is 155 Å². The first kappa shape index (κ1) is 17.9. The van der Waals surface area contributed by atoms with Gasteiger partial charge in [0, 0.05) is 25.2 Å². The van der Waals surface area contributed by atoms with E-state index in [-0.39, 0.29) is 12.0 Å². The minimum Gasteiger partial charge on any atom is -0.365 e. The molecule has 7 heteroatoms. The van der Waals surface area contributed by atoms with E-state index in [9.17, 15) is 13.2 Å². The van der Waals surface area contributed by atoms with E-state index in [0.29, 0.717) is 44.1 Å². The number of carbonyl (C=O) groups excluding carboxylic acids is 1. The van der Waals surface area contributed by atoms with Crippen molar-refractivity contribution in [2.24, 2.45) is 5.92 Å². The van der Waals surface area contributed by atoms with Gasteiger partial charge in [-0.05, 0) is 30.9 Å². The van der Waals surface area contributed by atoms with Crippen molar-refractivity contribution in [3.05, 3.63) is 35.9 Å². The van der Waals surface area contributed by atoms with Crippen molar-refractivity contribution in [1.29, 1.82) is 0 Å². The van der Waals surface area contributed by atoms with E-state index >= 15 is 0 Å². The van der Waals surface area contributed by atoms with Crippen LogP contribution < -0.4 is 0 Å². The third-order valence-corrected chi connectivity index (χ3v) is 8.15. The monoisotopic (exact) mass is 378 g/mol. The van der Waals surface area contributed by atoms with Gasteiger partial charge in [0.2, 0.25) is 10.0 Å². The number of morpholine rings is 1. The molecule has 2 bridgehead atoms. The second kappa shape index (κ2) is 6.32. The summed E-state index contributed by atoms with van der Waals surface area (Å²) in [5.74, 6) is 0.399. The number of nitrogens with zero attached hydrogens (tertiary/aromatic N) is 2. The molecule has 0 N–H and O–H groups in total. The van der Waals surface area contributed by atoms with Crippen molar-refractivity contribution < 1.29 is 17.9 Å². The van der Waals surface area contributed by atoms with Crippen molar-refractivity contribution in [2.45, 2.75) is 43.6 Å². The van der Waals surface area contributed by atoms with Crippen LogP contribution in [0.3, 0.4) is 0 Å². The number of benzene rings is 1. The third-order valence-electron chi connectivity index (χ3n) is 5.77. The molecular weight excluding hydrogens is 352 g/mol. The molecule has 3 aliphatic heterocycles. The molecule has 1 spiro atoms. The highest BCUT2D eigenvalue weighted by Crippen LogP contribution is 2.46. The van der Waals surface area contributed by atoms with E-state index in [1.54, 1.807) is 21.3 Å². The topological polar surface area (TPSA) is 66.9 Å². The Morgan fingerprint density at radius 3 is 2.69 bits per heavy atom. The second-order valence-electron chi connectivity index (χ2n) is 8.14. The van der Waals surface area contributed by atoms with Gasteiger partial charge >= 0.3 is 0 Å². The summed E-state index contributed by atoms with van der Waals surface area (Å²) in [5.41, 5.74) is -0.136. The quantitative estimate of drug-likeness (QED) is 0.800. The van der Waals surface area contributed by atoms with Crippen molar-refractivity contribution in [2.75, 3.05) is 26.2 Å². The lowest BCUT2D eigenvalue weighted by Crippen LogP contribution is -2.56. The zero-order valence-corrected chi connectivity index (χ0v) is 16.1. The average molecular weight is 378 g/mol. The van der Waals surface area contributed by atoms with E-state index in [4.69, 9.17) is 4.74 Å². The van der Waals surface area contributed by atoms with Gasteiger partial charge in [0.1, 0.15) is 10.9 Å². The van der Waals surface area contributed by atoms with Crippen LogP contribution in [0.25, 0.3) is 0 Å². The number of likely N-dealkylation sites (tertiary alicyclic amines) is 1. The molecule has 0 radical (unpaired) electrons. The van der Waals surface area contributed by atoms with Gasteiger partial charge in [0.15, 0.2) is 0 Å². The Kier molecular flexibility index (Phi) is 4.36. The van der Waals surface area contributed by atoms with E-state index in [1.165, 1.54) is 0 Å². The minimum atomic E-state index is -3.37. The number of amides is 1. The summed E-state index contributed by atoms with van der Waals surface area (Å²) in [4.78, 5) is 14.7. The molecule has 142 valence electrons. The largest absolute Gasteiger partial charge is 0.365 e. The van der Waals surface area contributed by atoms with Gasteiger partial charge in [-0.1, -0.05) is 32.0 Å². The van der Waals surface area contributed by atoms with Crippen LogP contribution in [0.1, 0.15) is 37.0 Å². The fourth-order valence-corrected chi connectivity index (χ4v) is 6.79. The molecule has 0 unspecified atom stereocenters. The number of hydrogen-bond donors (Lipinski definition) is 0. The van der Waals surface area contributed by atoms with Gasteiger partial charge in [-0.2, -0.15) is 4.31 Å². The van der Waals surface area contributed by atoms with E-state index in [1.807, 2.05) is 18.2 Å². The molecular formula is C19H26N2O4S. The minimum absolute atomic E-state index is 0.0445. The summed E-state index contributed by atoms with van der Waals surface area (Å²) in [5, 5.41) is -0.527. The average Bonchev–Trinajstić information content (AvgIpc) is 2.98. The highest BCUT2D eigenvalue weighted by molar-refractivity contribution is 7.90. The molecule has 3 fully saturated rings. The van der Waals surface area contributed by atoms with Gasteiger partial charge in [-0.15, -0.1) is 0 Å². The van der Waals surface area contributed by atoms with E-state index < -0.39 is 20.9 Å². The Morgan fingerprint density at radius 2 is 2.00 bits per heavy atom. The maximum atomic E-state index is 13.0. The second-order valence-corrected chi connectivity index (χ2v) is 10.3. The third kappa shape index (κ3) is 2.86. The summed E-state index contributed by atoms with van der Waals surface area (Å²) >= 11 is 0. The SMILES string of the molecule is CC(C)CCN1C[C@@]23CN(C(=O)c4ccccc4)C[C@@H](C[C@@H]2S1(=O)=O)O3. The molecule has 6 nitrogen and oxygen atoms in total. The maximum absolute atomic E-state index is 13.0. The predicted octanol–water partition coefficient (Wildman–Crippen LogP) is 1.73. The van der Waals surface area contributed by atoms with Gasteiger partial charge in [-0.25, -0.2) is 8.42 Å². The molecule has 3 heterocycles. The molecule has 4 rings (SSSR count). The Morgan fingerprint density at radius 1 is 1.27 bits per heavy atom. The smallest absolute Gasteiger partial charge is 0.254 e. The van der Waals surface area contributed by atoms with Crippen LogP contribution in [0.15, 0.2) is 30.3 Å². The van der Waals surface area contributed by atoms with Gasteiger partial charge in [0.25, 0.3) is 5.91 Å². The number of carbonyl (C=O) groups is 1. The van der Waals surface area contributed by atoms with Crippen LogP contribution >= 0.6 is 0 Å². The summed E-state index contributed by atoms with van der Waals surface area (Å²) < 4.78 is 33.8. The number of rotatable bonds is 4. The number of hydrogen-bond acceptors (Lipinski definition) is 4. The molecule has 0 saturated carbocycles. The molecule has 1 aromatic carbocycles. The van der Waals surface area contributed by atoms with Crippen LogP contribution in [0, 0.1) is 5.92 Å². The zero-order valence-electron chi connectivity index (χ0n) is 15.3. The highest BCUT2D eigenvalue weighted by Gasteiger charge is 2.65. The van der Waals surface area contributed by atoms with Crippen molar-refractivity contribution in [3.63, 3.8) is 0 Å². The van der Waals surface area contributed by atoms with E-state index in [2.05, 4.69) is 13.8 Å². The first-order chi connectivity index (χ1) is 12.3. The molecule has 1 aromatic rings. The molecule has 1 amide bonds. The van der Waals surface area contributed by atoms with Gasteiger partial charge in [0.05, 0.1) is 12.6 Å². The normalized spacial score (nSPS) is 32.8. The van der Waals surface area contributed by atoms with Crippen molar-refractivity contribution in [3.8, 4) is 0 Å². The maximum Gasteiger partial charge on any atom is 0.254 e. The summed E-state index contributed by atoms with van der Waals surface area (Å²) in [6, 6.07) is 9.17. The van der Waals surface area contributed by atoms with Crippen LogP contribution in [0.4, 0.5) is 0 Å². The fourth-order valence-electron chi connectivity index (χ4n) is 4.47. The fraction of sp³-hybridized carbons (Fsp3) is 0.632. The first-order valence-electron chi connectivity index (χ1n) is 9.33. The molecule has 26 heavy (non-hydrogen) atoms. The molecule has 3 atom stereocenters. The van der Waals surface area contributed by atoms with Gasteiger partial charge < -0.3 is 9.64 Å². The van der Waals surface area contributed by atoms with Gasteiger partial charge in [-0.3, -0.25) is 4.79 Å². The Balaban J connectivity index is 1.57. The van der Waals surface area contributed by atoms with Crippen LogP contribution in [0.5, 0.6) is 0 Å². The highest BCUT2D eigenvalue weighted by atomic mass is 32.2.